The van der Waals surface area contributed by atoms with Crippen LogP contribution in [-0.2, 0) is 0 Å². The van der Waals surface area contributed by atoms with E-state index < -0.39 is 0 Å². The lowest BCUT2D eigenvalue weighted by atomic mass is 10.1. The third-order valence-corrected chi connectivity index (χ3v) is 3.18. The van der Waals surface area contributed by atoms with Crippen molar-refractivity contribution in [3.8, 4) is 11.5 Å². The summed E-state index contributed by atoms with van der Waals surface area (Å²) in [6.45, 7) is 5.34. The summed E-state index contributed by atoms with van der Waals surface area (Å²) in [6, 6.07) is 5.41. The van der Waals surface area contributed by atoms with Crippen LogP contribution < -0.4 is 9.47 Å². The van der Waals surface area contributed by atoms with E-state index in [0.29, 0.717) is 30.3 Å². The molecule has 0 saturated carbocycles. The number of rotatable bonds is 11. The third-order valence-electron chi connectivity index (χ3n) is 3.18. The van der Waals surface area contributed by atoms with Gasteiger partial charge in [-0.1, -0.05) is 45.1 Å². The van der Waals surface area contributed by atoms with Crippen LogP contribution in [0.5, 0.6) is 11.5 Å². The Morgan fingerprint density at radius 3 is 2.45 bits per heavy atom. The van der Waals surface area contributed by atoms with Crippen molar-refractivity contribution in [2.24, 2.45) is 0 Å². The van der Waals surface area contributed by atoms with E-state index in [1.54, 1.807) is 6.07 Å². The third kappa shape index (κ3) is 5.64. The van der Waals surface area contributed by atoms with Gasteiger partial charge in [-0.2, -0.15) is 0 Å². The number of carbonyl (C=O) groups is 1. The minimum absolute atomic E-state index is 0.557. The van der Waals surface area contributed by atoms with Crippen molar-refractivity contribution < 1.29 is 14.3 Å². The van der Waals surface area contributed by atoms with Gasteiger partial charge in [-0.05, 0) is 25.5 Å². The van der Waals surface area contributed by atoms with Gasteiger partial charge in [0.2, 0.25) is 0 Å². The zero-order chi connectivity index (χ0) is 14.6. The highest BCUT2D eigenvalue weighted by Gasteiger charge is 2.10. The summed E-state index contributed by atoms with van der Waals surface area (Å²) in [6.07, 6.45) is 8.13. The smallest absolute Gasteiger partial charge is 0.171 e. The maximum absolute atomic E-state index is 11.1. The van der Waals surface area contributed by atoms with Gasteiger partial charge in [0.15, 0.2) is 17.8 Å². The van der Waals surface area contributed by atoms with Gasteiger partial charge in [-0.3, -0.25) is 4.79 Å². The average Bonchev–Trinajstić information content (AvgIpc) is 2.47. The van der Waals surface area contributed by atoms with Crippen molar-refractivity contribution in [3.63, 3.8) is 0 Å². The summed E-state index contributed by atoms with van der Waals surface area (Å²) in [5.74, 6) is 1.24. The lowest BCUT2D eigenvalue weighted by Gasteiger charge is -2.13. The number of hydrogen-bond donors (Lipinski definition) is 0. The van der Waals surface area contributed by atoms with Gasteiger partial charge in [0, 0.05) is 0 Å². The molecule has 0 aliphatic carbocycles. The number of benzene rings is 1. The van der Waals surface area contributed by atoms with Crippen molar-refractivity contribution in [1.29, 1.82) is 0 Å². The van der Waals surface area contributed by atoms with E-state index in [1.165, 1.54) is 32.1 Å². The monoisotopic (exact) mass is 278 g/mol. The number of para-hydroxylation sites is 1. The molecule has 0 aliphatic heterocycles. The zero-order valence-electron chi connectivity index (χ0n) is 12.7. The molecule has 0 bridgehead atoms. The molecule has 1 aromatic carbocycles. The number of hydrogen-bond acceptors (Lipinski definition) is 3. The molecule has 0 unspecified atom stereocenters. The first-order chi connectivity index (χ1) is 9.83. The first kappa shape index (κ1) is 16.5. The molecular formula is C17H26O3. The first-order valence-corrected chi connectivity index (χ1v) is 7.67. The minimum atomic E-state index is 0.557. The SMILES string of the molecule is CCCCCCCCOc1c(C=O)cccc1OCC. The van der Waals surface area contributed by atoms with Gasteiger partial charge in [0.1, 0.15) is 0 Å². The summed E-state index contributed by atoms with van der Waals surface area (Å²) >= 11 is 0. The van der Waals surface area contributed by atoms with E-state index in [2.05, 4.69) is 6.92 Å². The van der Waals surface area contributed by atoms with E-state index >= 15 is 0 Å². The van der Waals surface area contributed by atoms with E-state index in [4.69, 9.17) is 9.47 Å². The standard InChI is InChI=1S/C17H26O3/c1-3-5-6-7-8-9-13-20-17-15(14-18)11-10-12-16(17)19-4-2/h10-12,14H,3-9,13H2,1-2H3. The highest BCUT2D eigenvalue weighted by molar-refractivity contribution is 5.81. The summed E-state index contributed by atoms with van der Waals surface area (Å²) in [5.41, 5.74) is 0.557. The maximum atomic E-state index is 11.1. The Balaban J connectivity index is 2.43. The Kier molecular flexibility index (Phi) is 8.52. The van der Waals surface area contributed by atoms with Crippen LogP contribution in [-0.4, -0.2) is 19.5 Å². The quantitative estimate of drug-likeness (QED) is 0.437. The van der Waals surface area contributed by atoms with Gasteiger partial charge >= 0.3 is 0 Å². The molecule has 112 valence electrons. The molecule has 3 nitrogen and oxygen atoms in total. The van der Waals surface area contributed by atoms with Gasteiger partial charge in [-0.25, -0.2) is 0 Å². The van der Waals surface area contributed by atoms with Gasteiger partial charge in [-0.15, -0.1) is 0 Å². The van der Waals surface area contributed by atoms with Crippen LogP contribution in [0.1, 0.15) is 62.7 Å². The molecule has 0 heterocycles. The molecule has 0 saturated heterocycles. The maximum Gasteiger partial charge on any atom is 0.171 e. The zero-order valence-corrected chi connectivity index (χ0v) is 12.7. The van der Waals surface area contributed by atoms with Crippen LogP contribution in [0.15, 0.2) is 18.2 Å². The molecule has 0 fully saturated rings. The fraction of sp³-hybridized carbons (Fsp3) is 0.588. The van der Waals surface area contributed by atoms with Gasteiger partial charge in [0.05, 0.1) is 18.8 Å². The fourth-order valence-electron chi connectivity index (χ4n) is 2.11. The van der Waals surface area contributed by atoms with Crippen LogP contribution in [0.25, 0.3) is 0 Å². The van der Waals surface area contributed by atoms with E-state index in [1.807, 2.05) is 19.1 Å². The fourth-order valence-corrected chi connectivity index (χ4v) is 2.11. The van der Waals surface area contributed by atoms with E-state index in [0.717, 1.165) is 12.7 Å². The number of aldehydes is 1. The molecule has 0 N–H and O–H groups in total. The molecule has 1 rings (SSSR count). The highest BCUT2D eigenvalue weighted by Crippen LogP contribution is 2.30. The van der Waals surface area contributed by atoms with Gasteiger partial charge in [0.25, 0.3) is 0 Å². The summed E-state index contributed by atoms with van der Waals surface area (Å²) < 4.78 is 11.3. The Hall–Kier alpha value is -1.51. The molecule has 0 radical (unpaired) electrons. The second kappa shape index (κ2) is 10.3. The Bertz CT molecular complexity index is 388. The Morgan fingerprint density at radius 1 is 1.00 bits per heavy atom. The van der Waals surface area contributed by atoms with E-state index in [9.17, 15) is 4.79 Å². The second-order valence-corrected chi connectivity index (χ2v) is 4.84. The molecule has 20 heavy (non-hydrogen) atoms. The lowest BCUT2D eigenvalue weighted by molar-refractivity contribution is 0.111. The number of carbonyl (C=O) groups excluding carboxylic acids is 1. The first-order valence-electron chi connectivity index (χ1n) is 7.67. The van der Waals surface area contributed by atoms with Crippen LogP contribution >= 0.6 is 0 Å². The van der Waals surface area contributed by atoms with Gasteiger partial charge < -0.3 is 9.47 Å². The molecular weight excluding hydrogens is 252 g/mol. The normalized spacial score (nSPS) is 10.3. The largest absolute Gasteiger partial charge is 0.490 e. The number of ether oxygens (including phenoxy) is 2. The van der Waals surface area contributed by atoms with Crippen molar-refractivity contribution >= 4 is 6.29 Å². The predicted molar refractivity (Wildman–Crippen MR) is 81.9 cm³/mol. The van der Waals surface area contributed by atoms with Crippen molar-refractivity contribution in [3.05, 3.63) is 23.8 Å². The lowest BCUT2D eigenvalue weighted by Crippen LogP contribution is -2.03. The van der Waals surface area contributed by atoms with Crippen molar-refractivity contribution in [2.45, 2.75) is 52.4 Å². The Morgan fingerprint density at radius 2 is 1.75 bits per heavy atom. The molecule has 0 aliphatic rings. The summed E-state index contributed by atoms with van der Waals surface area (Å²) in [4.78, 5) is 11.1. The summed E-state index contributed by atoms with van der Waals surface area (Å²) in [7, 11) is 0. The predicted octanol–water partition coefficient (Wildman–Crippen LogP) is 4.64. The molecule has 3 heteroatoms. The van der Waals surface area contributed by atoms with Crippen LogP contribution in [0.3, 0.4) is 0 Å². The molecule has 1 aromatic rings. The molecule has 0 atom stereocenters. The molecule has 0 amide bonds. The minimum Gasteiger partial charge on any atom is -0.490 e. The summed E-state index contributed by atoms with van der Waals surface area (Å²) in [5, 5.41) is 0. The molecule has 0 spiro atoms. The van der Waals surface area contributed by atoms with Crippen molar-refractivity contribution in [1.82, 2.24) is 0 Å². The van der Waals surface area contributed by atoms with Crippen LogP contribution in [0.2, 0.25) is 0 Å². The van der Waals surface area contributed by atoms with Crippen LogP contribution in [0, 0.1) is 0 Å². The van der Waals surface area contributed by atoms with Crippen LogP contribution in [0.4, 0.5) is 0 Å². The average molecular weight is 278 g/mol. The van der Waals surface area contributed by atoms with E-state index in [-0.39, 0.29) is 0 Å². The Labute approximate surface area is 122 Å². The number of unbranched alkanes of at least 4 members (excludes halogenated alkanes) is 5. The highest BCUT2D eigenvalue weighted by atomic mass is 16.5. The second-order valence-electron chi connectivity index (χ2n) is 4.84. The topological polar surface area (TPSA) is 35.5 Å². The molecule has 0 aromatic heterocycles. The van der Waals surface area contributed by atoms with Crippen molar-refractivity contribution in [2.75, 3.05) is 13.2 Å².